The van der Waals surface area contributed by atoms with E-state index in [-0.39, 0.29) is 23.0 Å². The molecule has 0 atom stereocenters. The molecule has 0 radical (unpaired) electrons. The molecule has 0 aliphatic carbocycles. The van der Waals surface area contributed by atoms with Crippen LogP contribution >= 0.6 is 0 Å². The van der Waals surface area contributed by atoms with Crippen molar-refractivity contribution in [1.29, 1.82) is 0 Å². The van der Waals surface area contributed by atoms with Crippen LogP contribution in [0.25, 0.3) is 0 Å². The third-order valence-corrected chi connectivity index (χ3v) is 3.88. The number of rotatable bonds is 9. The predicted octanol–water partition coefficient (Wildman–Crippen LogP) is 0.974. The molecule has 2 aromatic heterocycles. The van der Waals surface area contributed by atoms with E-state index in [1.54, 1.807) is 13.8 Å². The lowest BCUT2D eigenvalue weighted by Gasteiger charge is -2.08. The van der Waals surface area contributed by atoms with Crippen LogP contribution in [0.1, 0.15) is 37.1 Å². The highest BCUT2D eigenvalue weighted by Crippen LogP contribution is 2.00. The minimum atomic E-state index is -0.440. The van der Waals surface area contributed by atoms with Gasteiger partial charge in [-0.2, -0.15) is 0 Å². The van der Waals surface area contributed by atoms with Gasteiger partial charge < -0.3 is 10.6 Å². The first-order valence-corrected chi connectivity index (χ1v) is 9.57. The molecule has 0 saturated carbocycles. The second-order valence-corrected chi connectivity index (χ2v) is 6.65. The van der Waals surface area contributed by atoms with Gasteiger partial charge in [-0.05, 0) is 26.7 Å². The molecule has 0 fully saturated rings. The normalized spacial score (nSPS) is 10.3. The number of anilines is 2. The molecule has 4 amide bonds. The standard InChI is InChI=1S/C18H26N8O4/c1-11-9-13(27)23-15(21-11)25-17(29)19-7-5-3-4-6-8-20-18(30)26-16-22-12(2)10-14(28)24-16/h9-10H,3-8H2,1-2H3,(H3,19,21,23,25,27,29)(H3,20,22,24,26,28,30). The molecule has 0 saturated heterocycles. The number of hydrogen-bond acceptors (Lipinski definition) is 6. The summed E-state index contributed by atoms with van der Waals surface area (Å²) in [6.07, 6.45) is 3.28. The molecule has 12 nitrogen and oxygen atoms in total. The number of nitrogens with one attached hydrogen (secondary N) is 6. The van der Waals surface area contributed by atoms with Gasteiger partial charge in [-0.1, -0.05) is 12.8 Å². The molecular formula is C18H26N8O4. The van der Waals surface area contributed by atoms with Crippen molar-refractivity contribution in [3.63, 3.8) is 0 Å². The zero-order valence-corrected chi connectivity index (χ0v) is 16.9. The van der Waals surface area contributed by atoms with Crippen molar-refractivity contribution in [2.24, 2.45) is 0 Å². The molecule has 0 aliphatic rings. The first kappa shape index (κ1) is 22.6. The van der Waals surface area contributed by atoms with E-state index in [0.29, 0.717) is 24.5 Å². The number of amides is 4. The number of aryl methyl sites for hydroxylation is 2. The fourth-order valence-corrected chi connectivity index (χ4v) is 2.59. The van der Waals surface area contributed by atoms with Gasteiger partial charge in [0, 0.05) is 36.6 Å². The van der Waals surface area contributed by atoms with Crippen LogP contribution < -0.4 is 32.4 Å². The smallest absolute Gasteiger partial charge is 0.321 e. The van der Waals surface area contributed by atoms with Crippen LogP contribution in [0.2, 0.25) is 0 Å². The number of carbonyl (C=O) groups is 2. The molecule has 162 valence electrons. The van der Waals surface area contributed by atoms with Crippen LogP contribution in [-0.4, -0.2) is 45.1 Å². The van der Waals surface area contributed by atoms with E-state index in [0.717, 1.165) is 25.7 Å². The summed E-state index contributed by atoms with van der Waals surface area (Å²) >= 11 is 0. The van der Waals surface area contributed by atoms with Crippen molar-refractivity contribution in [1.82, 2.24) is 30.6 Å². The zero-order valence-electron chi connectivity index (χ0n) is 16.9. The summed E-state index contributed by atoms with van der Waals surface area (Å²) < 4.78 is 0. The molecule has 0 aromatic carbocycles. The first-order chi connectivity index (χ1) is 14.3. The van der Waals surface area contributed by atoms with Crippen molar-refractivity contribution in [2.45, 2.75) is 39.5 Å². The summed E-state index contributed by atoms with van der Waals surface area (Å²) in [4.78, 5) is 59.1. The Balaban J connectivity index is 1.52. The van der Waals surface area contributed by atoms with Gasteiger partial charge in [0.2, 0.25) is 11.9 Å². The summed E-state index contributed by atoms with van der Waals surface area (Å²) in [6.45, 7) is 4.28. The molecule has 2 heterocycles. The van der Waals surface area contributed by atoms with Crippen molar-refractivity contribution >= 4 is 24.0 Å². The highest BCUT2D eigenvalue weighted by atomic mass is 16.2. The van der Waals surface area contributed by atoms with Crippen LogP contribution in [0.5, 0.6) is 0 Å². The molecular weight excluding hydrogens is 392 g/mol. The summed E-state index contributed by atoms with van der Waals surface area (Å²) in [7, 11) is 0. The number of aromatic amines is 2. The lowest BCUT2D eigenvalue weighted by molar-refractivity contribution is 0.250. The van der Waals surface area contributed by atoms with Crippen molar-refractivity contribution < 1.29 is 9.59 Å². The van der Waals surface area contributed by atoms with E-state index in [2.05, 4.69) is 41.2 Å². The minimum absolute atomic E-state index is 0.104. The molecule has 0 spiro atoms. The number of hydrogen-bond donors (Lipinski definition) is 6. The monoisotopic (exact) mass is 418 g/mol. The Labute approximate surface area is 172 Å². The van der Waals surface area contributed by atoms with Crippen molar-refractivity contribution in [3.05, 3.63) is 44.2 Å². The summed E-state index contributed by atoms with van der Waals surface area (Å²) in [5, 5.41) is 10.3. The van der Waals surface area contributed by atoms with Crippen molar-refractivity contribution in [3.8, 4) is 0 Å². The van der Waals surface area contributed by atoms with E-state index < -0.39 is 12.1 Å². The van der Waals surface area contributed by atoms with E-state index in [1.807, 2.05) is 0 Å². The second kappa shape index (κ2) is 11.3. The molecule has 12 heteroatoms. The van der Waals surface area contributed by atoms with E-state index in [4.69, 9.17) is 0 Å². The maximum Gasteiger partial charge on any atom is 0.321 e. The first-order valence-electron chi connectivity index (χ1n) is 9.57. The van der Waals surface area contributed by atoms with Gasteiger partial charge in [-0.3, -0.25) is 30.2 Å². The number of nitrogens with zero attached hydrogens (tertiary/aromatic N) is 2. The number of H-pyrrole nitrogens is 2. The number of urea groups is 2. The Morgan fingerprint density at radius 2 is 1.17 bits per heavy atom. The average molecular weight is 418 g/mol. The maximum absolute atomic E-state index is 11.8. The molecule has 0 bridgehead atoms. The summed E-state index contributed by atoms with van der Waals surface area (Å²) in [5.74, 6) is 0.207. The highest BCUT2D eigenvalue weighted by Gasteiger charge is 2.05. The number of unbranched alkanes of at least 4 members (excludes halogenated alkanes) is 3. The highest BCUT2D eigenvalue weighted by molar-refractivity contribution is 5.87. The van der Waals surface area contributed by atoms with Crippen molar-refractivity contribution in [2.75, 3.05) is 23.7 Å². The van der Waals surface area contributed by atoms with Crippen LogP contribution in [0.4, 0.5) is 21.5 Å². The van der Waals surface area contributed by atoms with Crippen LogP contribution in [0, 0.1) is 13.8 Å². The third-order valence-electron chi connectivity index (χ3n) is 3.88. The molecule has 6 N–H and O–H groups in total. The Bertz CT molecular complexity index is 905. The van der Waals surface area contributed by atoms with E-state index >= 15 is 0 Å². The summed E-state index contributed by atoms with van der Waals surface area (Å²) in [5.41, 5.74) is 0.367. The maximum atomic E-state index is 11.8. The van der Waals surface area contributed by atoms with Gasteiger partial charge in [0.1, 0.15) is 0 Å². The van der Waals surface area contributed by atoms with Gasteiger partial charge >= 0.3 is 12.1 Å². The fourth-order valence-electron chi connectivity index (χ4n) is 2.59. The van der Waals surface area contributed by atoms with Gasteiger partial charge in [0.15, 0.2) is 0 Å². The predicted molar refractivity (Wildman–Crippen MR) is 112 cm³/mol. The zero-order chi connectivity index (χ0) is 21.9. The lowest BCUT2D eigenvalue weighted by Crippen LogP contribution is -2.31. The number of carbonyl (C=O) groups excluding carboxylic acids is 2. The Morgan fingerprint density at radius 3 is 1.53 bits per heavy atom. The summed E-state index contributed by atoms with van der Waals surface area (Å²) in [6, 6.07) is 1.79. The molecule has 0 unspecified atom stereocenters. The fraction of sp³-hybridized carbons (Fsp3) is 0.444. The van der Waals surface area contributed by atoms with Gasteiger partial charge in [-0.25, -0.2) is 19.6 Å². The average Bonchev–Trinajstić information content (AvgIpc) is 2.62. The van der Waals surface area contributed by atoms with Gasteiger partial charge in [0.05, 0.1) is 0 Å². The topological polar surface area (TPSA) is 174 Å². The second-order valence-electron chi connectivity index (χ2n) is 6.65. The molecule has 2 rings (SSSR count). The quantitative estimate of drug-likeness (QED) is 0.331. The largest absolute Gasteiger partial charge is 0.338 e. The molecule has 2 aromatic rings. The Hall–Kier alpha value is -3.70. The van der Waals surface area contributed by atoms with Gasteiger partial charge in [0.25, 0.3) is 11.1 Å². The SMILES string of the molecule is Cc1cc(=O)[nH]c(NC(=O)NCCCCCCNC(=O)Nc2nc(C)cc(=O)[nH]2)n1. The van der Waals surface area contributed by atoms with Crippen LogP contribution in [0.15, 0.2) is 21.7 Å². The molecule has 30 heavy (non-hydrogen) atoms. The van der Waals surface area contributed by atoms with E-state index in [1.165, 1.54) is 12.1 Å². The lowest BCUT2D eigenvalue weighted by atomic mass is 10.2. The third kappa shape index (κ3) is 8.54. The minimum Gasteiger partial charge on any atom is -0.338 e. The van der Waals surface area contributed by atoms with Gasteiger partial charge in [-0.15, -0.1) is 0 Å². The molecule has 0 aliphatic heterocycles. The number of aromatic nitrogens is 4. The van der Waals surface area contributed by atoms with Crippen LogP contribution in [-0.2, 0) is 0 Å². The Morgan fingerprint density at radius 1 is 0.767 bits per heavy atom. The Kier molecular flexibility index (Phi) is 8.54. The van der Waals surface area contributed by atoms with Crippen LogP contribution in [0.3, 0.4) is 0 Å². The van der Waals surface area contributed by atoms with E-state index in [9.17, 15) is 19.2 Å².